The number of phenols is 1. The molecular weight excluding hydrogens is 539 g/mol. The molecule has 2 aliphatic heterocycles. The van der Waals surface area contributed by atoms with Crippen molar-refractivity contribution in [1.29, 1.82) is 0 Å². The first-order valence-electron chi connectivity index (χ1n) is 14.9. The van der Waals surface area contributed by atoms with Crippen LogP contribution in [0.5, 0.6) is 5.75 Å². The summed E-state index contributed by atoms with van der Waals surface area (Å²) in [5.74, 6) is -2.44. The molecule has 1 unspecified atom stereocenters. The zero-order chi connectivity index (χ0) is 30.3. The van der Waals surface area contributed by atoms with E-state index >= 15 is 8.78 Å². The number of fused-ring (bicyclic) bond motifs is 2. The predicted octanol–water partition coefficient (Wildman–Crippen LogP) is 7.35. The third-order valence-electron chi connectivity index (χ3n) is 9.18. The molecule has 2 aromatic carbocycles. The minimum atomic E-state index is -0.940. The number of aryl methyl sites for hydroxylation is 1. The molecule has 224 valence electrons. The Morgan fingerprint density at radius 3 is 2.43 bits per heavy atom. The number of aromatic hydroxyl groups is 1. The van der Waals surface area contributed by atoms with Gasteiger partial charge in [0.2, 0.25) is 0 Å². The van der Waals surface area contributed by atoms with Gasteiger partial charge >= 0.3 is 0 Å². The molecule has 5 nitrogen and oxygen atoms in total. The summed E-state index contributed by atoms with van der Waals surface area (Å²) in [6, 6.07) is 5.54. The second-order valence-electron chi connectivity index (χ2n) is 11.7. The van der Waals surface area contributed by atoms with Gasteiger partial charge in [-0.2, -0.15) is 0 Å². The Balaban J connectivity index is 1.78. The number of aliphatic hydroxyl groups is 1. The van der Waals surface area contributed by atoms with Crippen molar-refractivity contribution >= 4 is 22.1 Å². The van der Waals surface area contributed by atoms with Crippen molar-refractivity contribution in [2.45, 2.75) is 70.9 Å². The minimum Gasteiger partial charge on any atom is -0.508 e. The standard InChI is InChI=1S/C34H40F3N3O2/c1-6-10-28(33(42)34-13-8-15-40(34)16-9-14-34)38-32-24(20(3)39(4)5)19-27(36)30(31(32)37)25-18-22(41)17-21-11-12-26(35)23(7-2)29(21)25/h10-12,17-19,33,41-42H,6-9,13-16H2,1-5H3/b24-20+,28-10+,38-32+. The molecule has 5 rings (SSSR count). The van der Waals surface area contributed by atoms with Gasteiger partial charge in [-0.1, -0.05) is 26.0 Å². The van der Waals surface area contributed by atoms with Crippen molar-refractivity contribution in [2.24, 2.45) is 4.99 Å². The van der Waals surface area contributed by atoms with Crippen LogP contribution in [-0.2, 0) is 6.42 Å². The molecule has 8 heteroatoms. The van der Waals surface area contributed by atoms with E-state index in [1.165, 1.54) is 30.3 Å². The first-order valence-corrected chi connectivity index (χ1v) is 14.9. The number of allylic oxidation sites excluding steroid dienone is 7. The van der Waals surface area contributed by atoms with E-state index in [-0.39, 0.29) is 22.6 Å². The molecule has 2 heterocycles. The van der Waals surface area contributed by atoms with Crippen molar-refractivity contribution in [3.05, 3.63) is 82.0 Å². The predicted molar refractivity (Wildman–Crippen MR) is 163 cm³/mol. The van der Waals surface area contributed by atoms with E-state index in [9.17, 15) is 14.6 Å². The van der Waals surface area contributed by atoms with Gasteiger partial charge in [0, 0.05) is 25.4 Å². The number of hydrogen-bond acceptors (Lipinski definition) is 5. The maximum Gasteiger partial charge on any atom is 0.160 e. The molecule has 0 spiro atoms. The van der Waals surface area contributed by atoms with Crippen LogP contribution >= 0.6 is 0 Å². The molecule has 42 heavy (non-hydrogen) atoms. The Morgan fingerprint density at radius 2 is 1.81 bits per heavy atom. The lowest BCUT2D eigenvalue weighted by Gasteiger charge is -2.37. The summed E-state index contributed by atoms with van der Waals surface area (Å²) < 4.78 is 48.0. The van der Waals surface area contributed by atoms with Crippen LogP contribution in [0.25, 0.3) is 16.3 Å². The number of benzene rings is 2. The van der Waals surface area contributed by atoms with E-state index in [2.05, 4.69) is 4.90 Å². The van der Waals surface area contributed by atoms with Crippen molar-refractivity contribution in [3.63, 3.8) is 0 Å². The van der Waals surface area contributed by atoms with Gasteiger partial charge in [-0.15, -0.1) is 0 Å². The van der Waals surface area contributed by atoms with Gasteiger partial charge in [-0.05, 0) is 105 Å². The monoisotopic (exact) mass is 579 g/mol. The Kier molecular flexibility index (Phi) is 8.41. The van der Waals surface area contributed by atoms with E-state index in [1.54, 1.807) is 32.8 Å². The highest BCUT2D eigenvalue weighted by atomic mass is 19.1. The summed E-state index contributed by atoms with van der Waals surface area (Å²) in [6.45, 7) is 7.29. The number of phenolic OH excluding ortho intramolecular Hbond substituents is 1. The van der Waals surface area contributed by atoms with Crippen molar-refractivity contribution < 1.29 is 23.4 Å². The highest BCUT2D eigenvalue weighted by Crippen LogP contribution is 2.45. The van der Waals surface area contributed by atoms with Crippen molar-refractivity contribution in [3.8, 4) is 5.75 Å². The summed E-state index contributed by atoms with van der Waals surface area (Å²) in [6.07, 6.45) is 6.61. The van der Waals surface area contributed by atoms with Gasteiger partial charge in [-0.25, -0.2) is 18.2 Å². The maximum atomic E-state index is 16.9. The molecule has 0 radical (unpaired) electrons. The zero-order valence-electron chi connectivity index (χ0n) is 25.1. The highest BCUT2D eigenvalue weighted by molar-refractivity contribution is 6.22. The molecule has 1 aliphatic carbocycles. The first-order chi connectivity index (χ1) is 20.0. The minimum absolute atomic E-state index is 0.0554. The van der Waals surface area contributed by atoms with Crippen LogP contribution in [0.15, 0.2) is 70.0 Å². The fourth-order valence-electron chi connectivity index (χ4n) is 6.95. The van der Waals surface area contributed by atoms with Crippen LogP contribution in [0, 0.1) is 5.82 Å². The van der Waals surface area contributed by atoms with Gasteiger partial charge in [0.05, 0.1) is 16.8 Å². The summed E-state index contributed by atoms with van der Waals surface area (Å²) >= 11 is 0. The quantitative estimate of drug-likeness (QED) is 0.360. The van der Waals surface area contributed by atoms with Gasteiger partial charge in [-0.3, -0.25) is 4.90 Å². The lowest BCUT2D eigenvalue weighted by atomic mass is 9.85. The largest absolute Gasteiger partial charge is 0.508 e. The van der Waals surface area contributed by atoms with Gasteiger partial charge in [0.1, 0.15) is 29.2 Å². The van der Waals surface area contributed by atoms with E-state index in [0.717, 1.165) is 38.8 Å². The number of hydrogen-bond donors (Lipinski definition) is 2. The SMILES string of the molecule is CC/C=C(/N=C1/C(F)=C(c2cc(O)cc3ccc(F)c(CC)c23)C(F)=C/C1=C(/C)N(C)C)C(O)C12CCCN1CCC2. The molecule has 2 fully saturated rings. The number of halogens is 3. The number of aliphatic imine (C=N–C) groups is 1. The molecule has 0 amide bonds. The summed E-state index contributed by atoms with van der Waals surface area (Å²) in [5, 5.41) is 23.2. The van der Waals surface area contributed by atoms with Crippen LogP contribution in [0.1, 0.15) is 64.0 Å². The van der Waals surface area contributed by atoms with E-state index in [0.29, 0.717) is 40.6 Å². The summed E-state index contributed by atoms with van der Waals surface area (Å²) in [5.41, 5.74) is 0.634. The summed E-state index contributed by atoms with van der Waals surface area (Å²) in [7, 11) is 3.57. The number of rotatable bonds is 7. The van der Waals surface area contributed by atoms with Crippen LogP contribution in [0.3, 0.4) is 0 Å². The topological polar surface area (TPSA) is 59.3 Å². The van der Waals surface area contributed by atoms with E-state index in [4.69, 9.17) is 4.99 Å². The van der Waals surface area contributed by atoms with Crippen LogP contribution in [-0.4, -0.2) is 64.6 Å². The lowest BCUT2D eigenvalue weighted by molar-refractivity contribution is 0.0398. The Bertz CT molecular complexity index is 1560. The third-order valence-corrected chi connectivity index (χ3v) is 9.18. The fourth-order valence-corrected chi connectivity index (χ4v) is 6.95. The molecule has 0 saturated carbocycles. The molecule has 2 aromatic rings. The Hall–Kier alpha value is -3.36. The number of aliphatic hydroxyl groups excluding tert-OH is 1. The highest BCUT2D eigenvalue weighted by Gasteiger charge is 2.50. The van der Waals surface area contributed by atoms with Crippen LogP contribution < -0.4 is 0 Å². The van der Waals surface area contributed by atoms with Gasteiger partial charge < -0.3 is 15.1 Å². The summed E-state index contributed by atoms with van der Waals surface area (Å²) in [4.78, 5) is 8.88. The Morgan fingerprint density at radius 1 is 1.12 bits per heavy atom. The lowest BCUT2D eigenvalue weighted by Crippen LogP contribution is -2.49. The zero-order valence-corrected chi connectivity index (χ0v) is 25.1. The van der Waals surface area contributed by atoms with E-state index in [1.807, 2.05) is 13.0 Å². The molecule has 2 N–H and O–H groups in total. The van der Waals surface area contributed by atoms with Crippen molar-refractivity contribution in [2.75, 3.05) is 27.2 Å². The van der Waals surface area contributed by atoms with Crippen LogP contribution in [0.2, 0.25) is 0 Å². The molecule has 2 saturated heterocycles. The smallest absolute Gasteiger partial charge is 0.160 e. The molecule has 0 bridgehead atoms. The second kappa shape index (κ2) is 11.7. The molecule has 1 atom stereocenters. The van der Waals surface area contributed by atoms with Crippen LogP contribution in [0.4, 0.5) is 13.2 Å². The van der Waals surface area contributed by atoms with E-state index < -0.39 is 34.7 Å². The average molecular weight is 580 g/mol. The molecular formula is C34H40F3N3O2. The maximum absolute atomic E-state index is 16.9. The molecule has 3 aliphatic rings. The Labute approximate surface area is 246 Å². The van der Waals surface area contributed by atoms with Gasteiger partial charge in [0.15, 0.2) is 5.83 Å². The molecule has 0 aromatic heterocycles. The normalized spacial score (nSPS) is 22.2. The van der Waals surface area contributed by atoms with Crippen molar-refractivity contribution in [1.82, 2.24) is 9.80 Å². The third kappa shape index (κ3) is 4.98. The first kappa shape index (κ1) is 30.1. The number of nitrogens with zero attached hydrogens (tertiary/aromatic N) is 3. The van der Waals surface area contributed by atoms with Gasteiger partial charge in [0.25, 0.3) is 0 Å². The second-order valence-corrected chi connectivity index (χ2v) is 11.7. The fraction of sp³-hybridized carbons (Fsp3) is 0.441. The average Bonchev–Trinajstić information content (AvgIpc) is 3.55.